The summed E-state index contributed by atoms with van der Waals surface area (Å²) in [6.45, 7) is 0. The van der Waals surface area contributed by atoms with E-state index in [-0.39, 0.29) is 142 Å². The van der Waals surface area contributed by atoms with Crippen LogP contribution >= 0.6 is 0 Å². The highest BCUT2D eigenvalue weighted by Crippen LogP contribution is 2.45. The largest absolute Gasteiger partial charge is 0.115 e. The Labute approximate surface area is 399 Å². The zero-order valence-corrected chi connectivity index (χ0v) is 34.2. The van der Waals surface area contributed by atoms with Crippen molar-refractivity contribution < 1.29 is 0 Å². The van der Waals surface area contributed by atoms with E-state index >= 15 is 0 Å². The molecule has 0 atom stereocenters. The first-order valence-electron chi connectivity index (χ1n) is 19.4. The molecule has 0 heterocycles. The van der Waals surface area contributed by atoms with Gasteiger partial charge in [0.2, 0.25) is 0 Å². The molecule has 9 aromatic rings. The lowest BCUT2D eigenvalue weighted by Gasteiger charge is -2.31. The molecule has 0 nitrogen and oxygen atoms in total. The molecule has 20 heteroatoms. The van der Waals surface area contributed by atoms with Crippen molar-refractivity contribution in [3.05, 3.63) is 48.5 Å². The predicted octanol–water partition coefficient (Wildman–Crippen LogP) is -11.7. The minimum absolute atomic E-state index is 0.000707. The Bertz CT molecular complexity index is 3610. The van der Waals surface area contributed by atoms with E-state index in [1.54, 1.807) is 0 Å². The van der Waals surface area contributed by atoms with Crippen LogP contribution in [0.4, 0.5) is 0 Å². The smallest absolute Gasteiger partial charge is 0.110 e. The van der Waals surface area contributed by atoms with Gasteiger partial charge in [-0.05, 0) is 87.2 Å². The summed E-state index contributed by atoms with van der Waals surface area (Å²) in [6.07, 6.45) is 0. The molecule has 0 amide bonds. The van der Waals surface area contributed by atoms with Crippen LogP contribution in [0.2, 0.25) is 0 Å². The summed E-state index contributed by atoms with van der Waals surface area (Å²) in [6, 6.07) is 15.0. The molecule has 0 spiro atoms. The number of hydrogen-bond donors (Lipinski definition) is 0. The van der Waals surface area contributed by atoms with E-state index in [2.05, 4.69) is 0 Å². The number of hydrogen-bond acceptors (Lipinski definition) is 0. The molecule has 0 aliphatic carbocycles. The Hall–Kier alpha value is -4.42. The van der Waals surface area contributed by atoms with Gasteiger partial charge in [0.15, 0.2) is 0 Å². The van der Waals surface area contributed by atoms with Gasteiger partial charge in [0, 0.05) is 0 Å². The molecule has 0 aromatic heterocycles. The Kier molecular flexibility index (Phi) is 10.9. The van der Waals surface area contributed by atoms with Crippen LogP contribution in [-0.4, -0.2) is 157 Å². The third-order valence-corrected chi connectivity index (χ3v) is 12.7. The Morgan fingerprint density at radius 2 is 0.344 bits per heavy atom. The standard InChI is InChI=1S/C44H8B20/c45-25-21(32(52)33(53)24-23(25)36(56)43(63)44(64)37(24)57)20-18-17(28(48)39(59)30(20)50)15(26(46)38(58)29(18)49)13-9-5-1-3-7-11(9)14(12-8-4-2-6-10(12)13)16-19-22(34(54)40(60)27(16)47)35(55)42(62)41(61)31(19)51/h1-8H. The average molecular weight is 753 g/mol. The highest BCUT2D eigenvalue weighted by Gasteiger charge is 2.28. The van der Waals surface area contributed by atoms with Crippen molar-refractivity contribution >= 4 is 320 Å². The summed E-state index contributed by atoms with van der Waals surface area (Å²) in [5, 5.41) is 4.03. The topological polar surface area (TPSA) is 0 Å². The molecule has 0 aliphatic rings. The van der Waals surface area contributed by atoms with Crippen LogP contribution in [0.5, 0.6) is 0 Å². The second-order valence-corrected chi connectivity index (χ2v) is 15.9. The lowest BCUT2D eigenvalue weighted by molar-refractivity contribution is 1.74. The van der Waals surface area contributed by atoms with Crippen LogP contribution in [0.15, 0.2) is 48.5 Å². The Morgan fingerprint density at radius 1 is 0.156 bits per heavy atom. The van der Waals surface area contributed by atoms with Crippen molar-refractivity contribution in [1.82, 2.24) is 0 Å². The van der Waals surface area contributed by atoms with E-state index in [1.807, 2.05) is 48.5 Å². The predicted molar refractivity (Wildman–Crippen MR) is 298 cm³/mol. The Morgan fingerprint density at radius 3 is 0.656 bits per heavy atom. The summed E-state index contributed by atoms with van der Waals surface area (Å²) in [7, 11) is 134. The second kappa shape index (κ2) is 15.6. The van der Waals surface area contributed by atoms with Gasteiger partial charge in [0.25, 0.3) is 0 Å². The third-order valence-electron chi connectivity index (χ3n) is 12.7. The molecule has 0 saturated carbocycles. The van der Waals surface area contributed by atoms with E-state index in [1.165, 1.54) is 0 Å². The monoisotopic (exact) mass is 756 g/mol. The molecule has 0 N–H and O–H groups in total. The molecule has 244 valence electrons. The fourth-order valence-electron chi connectivity index (χ4n) is 9.45. The number of rotatable bonds is 3. The normalized spacial score (nSPS) is 11.8. The molecule has 0 bridgehead atoms. The van der Waals surface area contributed by atoms with Gasteiger partial charge in [0.05, 0.1) is 0 Å². The lowest BCUT2D eigenvalue weighted by Crippen LogP contribution is -2.53. The molecule has 9 rings (SSSR count). The van der Waals surface area contributed by atoms with Crippen molar-refractivity contribution in [2.24, 2.45) is 0 Å². The summed E-state index contributed by atoms with van der Waals surface area (Å²) in [4.78, 5) is 0. The summed E-state index contributed by atoms with van der Waals surface area (Å²) < 4.78 is 0. The number of benzene rings is 9. The summed E-state index contributed by atoms with van der Waals surface area (Å²) in [5.74, 6) is 0. The summed E-state index contributed by atoms with van der Waals surface area (Å²) >= 11 is 0. The van der Waals surface area contributed by atoms with Crippen LogP contribution in [0, 0.1) is 0 Å². The maximum Gasteiger partial charge on any atom is 0.115 e. The number of fused-ring (bicyclic) bond motifs is 5. The molecular formula is C44H8B20. The minimum Gasteiger partial charge on any atom is -0.110 e. The third kappa shape index (κ3) is 5.85. The first-order chi connectivity index (χ1) is 30.2. The quantitative estimate of drug-likeness (QED) is 0.125. The van der Waals surface area contributed by atoms with Gasteiger partial charge in [-0.2, -0.15) is 0 Å². The van der Waals surface area contributed by atoms with E-state index < -0.39 is 0 Å². The average Bonchev–Trinajstić information content (AvgIpc) is 3.28. The van der Waals surface area contributed by atoms with Gasteiger partial charge in [-0.15, -0.1) is 38.2 Å². The van der Waals surface area contributed by atoms with Gasteiger partial charge in [-0.1, -0.05) is 120 Å². The molecular weight excluding hydrogens is 745 g/mol. The van der Waals surface area contributed by atoms with Crippen molar-refractivity contribution in [3.63, 3.8) is 0 Å². The van der Waals surface area contributed by atoms with Crippen molar-refractivity contribution in [2.45, 2.75) is 0 Å². The van der Waals surface area contributed by atoms with Gasteiger partial charge >= 0.3 is 0 Å². The first kappa shape index (κ1) is 44.8. The summed E-state index contributed by atoms with van der Waals surface area (Å²) in [5.41, 5.74) is 2.59. The zero-order valence-electron chi connectivity index (χ0n) is 34.2. The van der Waals surface area contributed by atoms with Crippen LogP contribution < -0.4 is 109 Å². The molecule has 9 aromatic carbocycles. The highest BCUT2D eigenvalue weighted by atomic mass is 14.3. The molecule has 0 saturated heterocycles. The molecule has 0 unspecified atom stereocenters. The maximum absolute atomic E-state index is 7.12. The molecule has 0 aliphatic heterocycles. The van der Waals surface area contributed by atoms with Gasteiger partial charge in [-0.3, -0.25) is 0 Å². The highest BCUT2D eigenvalue weighted by molar-refractivity contribution is 6.75. The van der Waals surface area contributed by atoms with E-state index in [9.17, 15) is 0 Å². The van der Waals surface area contributed by atoms with E-state index in [4.69, 9.17) is 157 Å². The molecule has 40 radical (unpaired) electrons. The van der Waals surface area contributed by atoms with Crippen molar-refractivity contribution in [1.29, 1.82) is 0 Å². The molecule has 64 heavy (non-hydrogen) atoms. The second-order valence-electron chi connectivity index (χ2n) is 15.9. The van der Waals surface area contributed by atoms with Gasteiger partial charge in [0.1, 0.15) is 157 Å². The van der Waals surface area contributed by atoms with Gasteiger partial charge in [-0.25, -0.2) is 0 Å². The van der Waals surface area contributed by atoms with E-state index in [0.717, 1.165) is 0 Å². The van der Waals surface area contributed by atoms with Crippen molar-refractivity contribution in [3.8, 4) is 33.4 Å². The Balaban J connectivity index is 1.52. The van der Waals surface area contributed by atoms with E-state index in [0.29, 0.717) is 54.6 Å². The van der Waals surface area contributed by atoms with Gasteiger partial charge < -0.3 is 0 Å². The minimum atomic E-state index is -0.0548. The van der Waals surface area contributed by atoms with Crippen LogP contribution in [0.25, 0.3) is 87.2 Å². The first-order valence-corrected chi connectivity index (χ1v) is 19.4. The fraction of sp³-hybridized carbons (Fsp3) is 0. The van der Waals surface area contributed by atoms with Crippen LogP contribution in [-0.2, 0) is 0 Å². The molecule has 0 fully saturated rings. The lowest BCUT2D eigenvalue weighted by atomic mass is 9.56. The van der Waals surface area contributed by atoms with Crippen LogP contribution in [0.1, 0.15) is 0 Å². The maximum atomic E-state index is 7.12. The fourth-order valence-corrected chi connectivity index (χ4v) is 9.45. The SMILES string of the molecule is [B]c1c([B])c([B])c2c([B])c(-c3c([B])c([B])c([B])c4c(-c5c6ccccc6c(-c6c([B])c([B])c([B])c7c([B])c([B])c([B])c([B])c67)c6ccccc56)c([B])c([B])c([B])c34)c([B])c([B])c2c1[B]. The van der Waals surface area contributed by atoms with Crippen LogP contribution in [0.3, 0.4) is 0 Å². The zero-order chi connectivity index (χ0) is 46.4. The van der Waals surface area contributed by atoms with Crippen molar-refractivity contribution in [2.75, 3.05) is 0 Å².